The Kier molecular flexibility index (Phi) is 2.81. The molecule has 1 heterocycles. The van der Waals surface area contributed by atoms with E-state index in [0.29, 0.717) is 6.04 Å². The second kappa shape index (κ2) is 4.30. The van der Waals surface area contributed by atoms with Gasteiger partial charge in [0.25, 0.3) is 0 Å². The molecule has 1 aromatic carbocycles. The summed E-state index contributed by atoms with van der Waals surface area (Å²) in [5, 5.41) is 6.74. The zero-order chi connectivity index (χ0) is 11.0. The lowest BCUT2D eigenvalue weighted by Crippen LogP contribution is -2.43. The van der Waals surface area contributed by atoms with Gasteiger partial charge >= 0.3 is 0 Å². The third-order valence-electron chi connectivity index (χ3n) is 2.88. The number of halogens is 1. The van der Waals surface area contributed by atoms with Crippen LogP contribution in [0.1, 0.15) is 19.3 Å². The van der Waals surface area contributed by atoms with Crippen LogP contribution in [0, 0.1) is 0 Å². The molecule has 0 bridgehead atoms. The van der Waals surface area contributed by atoms with E-state index in [0.717, 1.165) is 21.0 Å². The third-order valence-corrected chi connectivity index (χ3v) is 4.18. The number of anilines is 1. The Labute approximate surface area is 107 Å². The van der Waals surface area contributed by atoms with Crippen molar-refractivity contribution in [3.05, 3.63) is 22.7 Å². The van der Waals surface area contributed by atoms with Crippen LogP contribution in [0.4, 0.5) is 5.69 Å². The van der Waals surface area contributed by atoms with Crippen molar-refractivity contribution in [3.8, 4) is 0 Å². The number of guanidine groups is 1. The minimum absolute atomic E-state index is 0.615. The van der Waals surface area contributed by atoms with Gasteiger partial charge in [0.15, 0.2) is 0 Å². The number of rotatable bonds is 1. The first-order chi connectivity index (χ1) is 7.81. The Morgan fingerprint density at radius 3 is 3.06 bits per heavy atom. The van der Waals surface area contributed by atoms with E-state index < -0.39 is 0 Å². The summed E-state index contributed by atoms with van der Waals surface area (Å²) in [5.41, 5.74) is 1.13. The number of hydrogen-bond donors (Lipinski definition) is 2. The normalized spacial score (nSPS) is 19.2. The van der Waals surface area contributed by atoms with Gasteiger partial charge in [-0.25, -0.2) is 0 Å². The maximum atomic E-state index is 4.42. The second-order valence-corrected chi connectivity index (χ2v) is 5.79. The summed E-state index contributed by atoms with van der Waals surface area (Å²) in [4.78, 5) is 1.16. The molecular formula is C11H12BrN3S. The van der Waals surface area contributed by atoms with Crippen LogP contribution < -0.4 is 10.6 Å². The number of nitrogens with zero attached hydrogens (tertiary/aromatic N) is 1. The maximum Gasteiger partial charge on any atom is 0.208 e. The Bertz CT molecular complexity index is 443. The van der Waals surface area contributed by atoms with Gasteiger partial charge in [0.1, 0.15) is 0 Å². The summed E-state index contributed by atoms with van der Waals surface area (Å²) in [6.45, 7) is 0. The minimum atomic E-state index is 0.615. The zero-order valence-electron chi connectivity index (χ0n) is 8.66. The number of hydrogen-bond acceptors (Lipinski definition) is 4. The SMILES string of the molecule is Brc1ccc2c(c1)SN=C(NC1CCC1)N2. The van der Waals surface area contributed by atoms with E-state index in [1.54, 1.807) is 0 Å². The first kappa shape index (κ1) is 10.5. The van der Waals surface area contributed by atoms with Gasteiger partial charge in [0.2, 0.25) is 5.96 Å². The Balaban J connectivity index is 1.73. The van der Waals surface area contributed by atoms with E-state index in [9.17, 15) is 0 Å². The van der Waals surface area contributed by atoms with E-state index in [1.807, 2.05) is 6.07 Å². The van der Waals surface area contributed by atoms with Crippen LogP contribution in [-0.2, 0) is 0 Å². The van der Waals surface area contributed by atoms with Gasteiger partial charge in [0.05, 0.1) is 10.6 Å². The third kappa shape index (κ3) is 2.06. The molecule has 2 aliphatic rings. The van der Waals surface area contributed by atoms with Gasteiger partial charge in [-0.3, -0.25) is 0 Å². The highest BCUT2D eigenvalue weighted by atomic mass is 79.9. The number of benzene rings is 1. The van der Waals surface area contributed by atoms with Crippen LogP contribution >= 0.6 is 27.9 Å². The summed E-state index contributed by atoms with van der Waals surface area (Å²) in [6.07, 6.45) is 3.86. The van der Waals surface area contributed by atoms with Crippen molar-refractivity contribution in [1.29, 1.82) is 0 Å². The van der Waals surface area contributed by atoms with Crippen LogP contribution in [-0.4, -0.2) is 12.0 Å². The molecule has 0 atom stereocenters. The topological polar surface area (TPSA) is 36.4 Å². The van der Waals surface area contributed by atoms with Gasteiger partial charge < -0.3 is 10.6 Å². The lowest BCUT2D eigenvalue weighted by Gasteiger charge is -2.29. The first-order valence-corrected chi connectivity index (χ1v) is 6.96. The van der Waals surface area contributed by atoms with Crippen LogP contribution in [0.25, 0.3) is 0 Å². The Morgan fingerprint density at radius 2 is 2.31 bits per heavy atom. The molecule has 1 saturated carbocycles. The molecule has 0 aromatic heterocycles. The monoisotopic (exact) mass is 297 g/mol. The number of fused-ring (bicyclic) bond motifs is 1. The lowest BCUT2D eigenvalue weighted by molar-refractivity contribution is 0.383. The zero-order valence-corrected chi connectivity index (χ0v) is 11.1. The smallest absolute Gasteiger partial charge is 0.208 e. The summed E-state index contributed by atoms with van der Waals surface area (Å²) >= 11 is 4.98. The van der Waals surface area contributed by atoms with Crippen LogP contribution in [0.5, 0.6) is 0 Å². The van der Waals surface area contributed by atoms with Crippen LogP contribution in [0.3, 0.4) is 0 Å². The van der Waals surface area contributed by atoms with Crippen LogP contribution in [0.2, 0.25) is 0 Å². The van der Waals surface area contributed by atoms with E-state index in [1.165, 1.54) is 31.2 Å². The molecule has 2 N–H and O–H groups in total. The van der Waals surface area contributed by atoms with Crippen molar-refractivity contribution in [2.75, 3.05) is 5.32 Å². The molecular weight excluding hydrogens is 286 g/mol. The Morgan fingerprint density at radius 1 is 1.44 bits per heavy atom. The van der Waals surface area contributed by atoms with Gasteiger partial charge in [-0.15, -0.1) is 0 Å². The molecule has 0 amide bonds. The molecule has 0 saturated heterocycles. The average Bonchev–Trinajstić information content (AvgIpc) is 2.23. The number of nitrogens with one attached hydrogen (secondary N) is 2. The molecule has 0 radical (unpaired) electrons. The summed E-state index contributed by atoms with van der Waals surface area (Å²) in [5.74, 6) is 0.893. The predicted molar refractivity (Wildman–Crippen MR) is 71.8 cm³/mol. The maximum absolute atomic E-state index is 4.42. The fourth-order valence-electron chi connectivity index (χ4n) is 1.73. The molecule has 3 nitrogen and oxygen atoms in total. The lowest BCUT2D eigenvalue weighted by atomic mass is 9.93. The summed E-state index contributed by atoms with van der Waals surface area (Å²) in [6, 6.07) is 6.81. The highest BCUT2D eigenvalue weighted by molar-refractivity contribution is 9.10. The fourth-order valence-corrected chi connectivity index (χ4v) is 2.93. The molecule has 1 aliphatic heterocycles. The Hall–Kier alpha value is -0.680. The molecule has 5 heteroatoms. The summed E-state index contributed by atoms with van der Waals surface area (Å²) < 4.78 is 5.51. The van der Waals surface area contributed by atoms with Gasteiger partial charge in [-0.05, 0) is 37.5 Å². The second-order valence-electron chi connectivity index (χ2n) is 4.07. The van der Waals surface area contributed by atoms with Crippen molar-refractivity contribution in [2.24, 2.45) is 4.40 Å². The molecule has 1 aromatic rings. The molecule has 0 spiro atoms. The highest BCUT2D eigenvalue weighted by Gasteiger charge is 2.20. The molecule has 0 unspecified atom stereocenters. The van der Waals surface area contributed by atoms with Crippen molar-refractivity contribution in [3.63, 3.8) is 0 Å². The minimum Gasteiger partial charge on any atom is -0.353 e. The van der Waals surface area contributed by atoms with Gasteiger partial charge in [0, 0.05) is 22.5 Å². The van der Waals surface area contributed by atoms with Crippen molar-refractivity contribution in [2.45, 2.75) is 30.2 Å². The van der Waals surface area contributed by atoms with E-state index >= 15 is 0 Å². The molecule has 84 valence electrons. The van der Waals surface area contributed by atoms with E-state index in [2.05, 4.69) is 43.1 Å². The largest absolute Gasteiger partial charge is 0.353 e. The molecule has 3 rings (SSSR count). The first-order valence-electron chi connectivity index (χ1n) is 5.39. The molecule has 16 heavy (non-hydrogen) atoms. The van der Waals surface area contributed by atoms with Crippen LogP contribution in [0.15, 0.2) is 32.0 Å². The average molecular weight is 298 g/mol. The predicted octanol–water partition coefficient (Wildman–Crippen LogP) is 3.38. The molecule has 1 aliphatic carbocycles. The van der Waals surface area contributed by atoms with Gasteiger partial charge in [-0.1, -0.05) is 15.9 Å². The standard InChI is InChI=1S/C11H12BrN3S/c12-7-4-5-9-10(6-7)16-15-11(14-9)13-8-2-1-3-8/h4-6,8H,1-3H2,(H2,13,14,15). The van der Waals surface area contributed by atoms with Crippen molar-refractivity contribution >= 4 is 39.5 Å². The quantitative estimate of drug-likeness (QED) is 0.780. The molecule has 1 fully saturated rings. The summed E-state index contributed by atoms with van der Waals surface area (Å²) in [7, 11) is 0. The van der Waals surface area contributed by atoms with E-state index in [-0.39, 0.29) is 0 Å². The van der Waals surface area contributed by atoms with Crippen molar-refractivity contribution in [1.82, 2.24) is 5.32 Å². The van der Waals surface area contributed by atoms with Gasteiger partial charge in [-0.2, -0.15) is 4.40 Å². The highest BCUT2D eigenvalue weighted by Crippen LogP contribution is 2.34. The van der Waals surface area contributed by atoms with E-state index in [4.69, 9.17) is 0 Å². The van der Waals surface area contributed by atoms with Crippen molar-refractivity contribution < 1.29 is 0 Å². The fraction of sp³-hybridized carbons (Fsp3) is 0.364.